The molecule has 13 nitrogen and oxygen atoms in total. The van der Waals surface area contributed by atoms with Crippen molar-refractivity contribution >= 4 is 87.7 Å². The van der Waals surface area contributed by atoms with Crippen LogP contribution in [0.1, 0.15) is 20.8 Å². The van der Waals surface area contributed by atoms with Gasteiger partial charge in [-0.1, -0.05) is 12.1 Å². The van der Waals surface area contributed by atoms with E-state index < -0.39 is 46.5 Å². The first kappa shape index (κ1) is 33.1. The van der Waals surface area contributed by atoms with Crippen molar-refractivity contribution < 1.29 is 34.9 Å². The Balaban J connectivity index is 0.00000533. The number of rotatable bonds is 8. The topological polar surface area (TPSA) is 195 Å². The van der Waals surface area contributed by atoms with Crippen molar-refractivity contribution in [3.8, 4) is 5.75 Å². The Hall–Kier alpha value is -2.15. The molecule has 0 aromatic heterocycles. The van der Waals surface area contributed by atoms with Crippen LogP contribution in [-0.4, -0.2) is 88.4 Å². The standard InChI is InChI=1S/C22H27N5O8S3.Na.H/c1-22(2,3)26-36(29,30)19-13-18(24-23-14-9-11-15(12-10-14)37(31,32)33)20-16(21(19)28)7-6-8-17(20)25-38(34,35)27(4)5;;/h6-13,25-26,28H,1-5H3,(H,31,32,33);;/b24-23+;;. The van der Waals surface area contributed by atoms with Gasteiger partial charge in [-0.05, 0) is 57.2 Å². The van der Waals surface area contributed by atoms with Gasteiger partial charge in [-0.3, -0.25) is 9.27 Å². The van der Waals surface area contributed by atoms with Crippen LogP contribution in [0.25, 0.3) is 10.8 Å². The van der Waals surface area contributed by atoms with E-state index in [0.29, 0.717) is 0 Å². The molecule has 17 heteroatoms. The van der Waals surface area contributed by atoms with E-state index in [1.54, 1.807) is 20.8 Å². The van der Waals surface area contributed by atoms with Crippen LogP contribution in [0.2, 0.25) is 0 Å². The van der Waals surface area contributed by atoms with Gasteiger partial charge in [0.15, 0.2) is 0 Å². The van der Waals surface area contributed by atoms with Crippen molar-refractivity contribution in [2.24, 2.45) is 10.2 Å². The van der Waals surface area contributed by atoms with Crippen LogP contribution >= 0.6 is 0 Å². The average molecular weight is 610 g/mol. The molecule has 0 atom stereocenters. The fourth-order valence-corrected chi connectivity index (χ4v) is 5.93. The van der Waals surface area contributed by atoms with E-state index in [1.165, 1.54) is 44.4 Å². The zero-order valence-corrected chi connectivity index (χ0v) is 23.5. The first-order valence-electron chi connectivity index (χ1n) is 10.8. The Morgan fingerprint density at radius 3 is 2.00 bits per heavy atom. The van der Waals surface area contributed by atoms with Crippen molar-refractivity contribution in [3.05, 3.63) is 48.5 Å². The van der Waals surface area contributed by atoms with Gasteiger partial charge in [0.25, 0.3) is 10.1 Å². The number of fused-ring (bicyclic) bond motifs is 1. The summed E-state index contributed by atoms with van der Waals surface area (Å²) in [7, 11) is -10.1. The molecule has 0 bridgehead atoms. The fourth-order valence-electron chi connectivity index (χ4n) is 3.28. The summed E-state index contributed by atoms with van der Waals surface area (Å²) in [5.41, 5.74) is -0.861. The molecular weight excluding hydrogens is 581 g/mol. The molecule has 39 heavy (non-hydrogen) atoms. The zero-order chi connectivity index (χ0) is 28.7. The summed E-state index contributed by atoms with van der Waals surface area (Å²) in [5.74, 6) is -0.626. The predicted molar refractivity (Wildman–Crippen MR) is 149 cm³/mol. The number of hydrogen-bond acceptors (Lipinski definition) is 9. The Morgan fingerprint density at radius 2 is 1.49 bits per heavy atom. The van der Waals surface area contributed by atoms with E-state index in [0.717, 1.165) is 22.5 Å². The van der Waals surface area contributed by atoms with E-state index in [1.807, 2.05) is 0 Å². The molecule has 3 rings (SSSR count). The van der Waals surface area contributed by atoms with Crippen LogP contribution in [0.4, 0.5) is 17.1 Å². The van der Waals surface area contributed by atoms with E-state index in [9.17, 15) is 30.4 Å². The SMILES string of the molecule is CN(C)S(=O)(=O)Nc1cccc2c(O)c(S(=O)(=O)NC(C)(C)C)cc(/N=N/c3ccc(S(=O)(=O)O)cc3)c12.[NaH]. The molecular formula is C22H28N5NaO8S3. The third-order valence-corrected chi connectivity index (χ3v) is 9.01. The maximum absolute atomic E-state index is 13.1. The number of anilines is 1. The molecule has 0 aliphatic heterocycles. The van der Waals surface area contributed by atoms with Crippen molar-refractivity contribution in [1.82, 2.24) is 9.03 Å². The summed E-state index contributed by atoms with van der Waals surface area (Å²) in [6.07, 6.45) is 0. The summed E-state index contributed by atoms with van der Waals surface area (Å²) in [5, 5.41) is 19.1. The molecule has 0 aliphatic rings. The summed E-state index contributed by atoms with van der Waals surface area (Å²) in [6, 6.07) is 9.98. The van der Waals surface area contributed by atoms with Crippen LogP contribution < -0.4 is 9.44 Å². The van der Waals surface area contributed by atoms with Gasteiger partial charge in [-0.25, -0.2) is 13.1 Å². The summed E-state index contributed by atoms with van der Waals surface area (Å²) < 4.78 is 88.8. The Bertz CT molecular complexity index is 1730. The summed E-state index contributed by atoms with van der Waals surface area (Å²) >= 11 is 0. The summed E-state index contributed by atoms with van der Waals surface area (Å²) in [6.45, 7) is 4.86. The molecule has 0 aliphatic carbocycles. The number of sulfonamides is 1. The number of nitrogens with one attached hydrogen (secondary N) is 2. The van der Waals surface area contributed by atoms with Crippen LogP contribution in [0.3, 0.4) is 0 Å². The molecule has 4 N–H and O–H groups in total. The molecule has 0 radical (unpaired) electrons. The fraction of sp³-hybridized carbons (Fsp3) is 0.273. The van der Waals surface area contributed by atoms with Gasteiger partial charge in [0.05, 0.1) is 22.0 Å². The van der Waals surface area contributed by atoms with E-state index in [4.69, 9.17) is 4.55 Å². The molecule has 208 valence electrons. The molecule has 0 spiro atoms. The number of aromatic hydroxyl groups is 1. The van der Waals surface area contributed by atoms with Gasteiger partial charge in [0.2, 0.25) is 10.0 Å². The number of phenols is 1. The van der Waals surface area contributed by atoms with Crippen LogP contribution in [-0.2, 0) is 30.4 Å². The van der Waals surface area contributed by atoms with Crippen molar-refractivity contribution in [3.63, 3.8) is 0 Å². The maximum atomic E-state index is 13.1. The van der Waals surface area contributed by atoms with Gasteiger partial charge in [0, 0.05) is 30.4 Å². The molecule has 0 fully saturated rings. The third kappa shape index (κ3) is 7.96. The minimum atomic E-state index is -4.43. The van der Waals surface area contributed by atoms with Gasteiger partial charge in [-0.15, -0.1) is 5.11 Å². The molecule has 0 heterocycles. The predicted octanol–water partition coefficient (Wildman–Crippen LogP) is 2.85. The number of benzene rings is 3. The molecule has 3 aromatic rings. The minimum absolute atomic E-state index is 0. The van der Waals surface area contributed by atoms with Gasteiger partial charge in [0.1, 0.15) is 10.6 Å². The second-order valence-electron chi connectivity index (χ2n) is 9.38. The van der Waals surface area contributed by atoms with E-state index in [-0.39, 0.29) is 62.3 Å². The number of azo groups is 1. The van der Waals surface area contributed by atoms with E-state index in [2.05, 4.69) is 19.7 Å². The van der Waals surface area contributed by atoms with E-state index >= 15 is 0 Å². The Morgan fingerprint density at radius 1 is 0.897 bits per heavy atom. The second-order valence-corrected chi connectivity index (χ2v) is 14.3. The van der Waals surface area contributed by atoms with Gasteiger partial charge < -0.3 is 5.11 Å². The average Bonchev–Trinajstić information content (AvgIpc) is 2.76. The normalized spacial score (nSPS) is 13.1. The molecule has 3 aromatic carbocycles. The molecule has 0 unspecified atom stereocenters. The molecule has 0 saturated heterocycles. The number of phenolic OH excluding ortho intramolecular Hbond substituents is 1. The van der Waals surface area contributed by atoms with Gasteiger partial charge in [-0.2, -0.15) is 26.3 Å². The van der Waals surface area contributed by atoms with Crippen molar-refractivity contribution in [1.29, 1.82) is 0 Å². The molecule has 0 saturated carbocycles. The number of nitrogens with zero attached hydrogens (tertiary/aromatic N) is 3. The molecule has 0 amide bonds. The zero-order valence-electron chi connectivity index (χ0n) is 21.0. The first-order chi connectivity index (χ1) is 17.3. The summed E-state index contributed by atoms with van der Waals surface area (Å²) in [4.78, 5) is -0.878. The quantitative estimate of drug-likeness (QED) is 0.170. The first-order valence-corrected chi connectivity index (χ1v) is 15.2. The number of hydrogen-bond donors (Lipinski definition) is 4. The van der Waals surface area contributed by atoms with Crippen molar-refractivity contribution in [2.45, 2.75) is 36.1 Å². The van der Waals surface area contributed by atoms with Gasteiger partial charge >= 0.3 is 39.8 Å². The Labute approximate surface area is 249 Å². The monoisotopic (exact) mass is 609 g/mol. The van der Waals surface area contributed by atoms with Crippen molar-refractivity contribution in [2.75, 3.05) is 18.8 Å². The third-order valence-electron chi connectivity index (χ3n) is 4.93. The second kappa shape index (κ2) is 11.8. The Kier molecular flexibility index (Phi) is 9.97. The van der Waals surface area contributed by atoms with Crippen LogP contribution in [0.5, 0.6) is 5.75 Å². The van der Waals surface area contributed by atoms with Crippen LogP contribution in [0.15, 0.2) is 68.6 Å². The van der Waals surface area contributed by atoms with Crippen LogP contribution in [0, 0.1) is 0 Å².